The molecule has 0 aliphatic heterocycles. The Labute approximate surface area is 149 Å². The van der Waals surface area contributed by atoms with Crippen LogP contribution in [0.4, 0.5) is 0 Å². The molecule has 0 nitrogen and oxygen atoms in total. The van der Waals surface area contributed by atoms with Crippen LogP contribution in [0, 0.1) is 13.8 Å². The Morgan fingerprint density at radius 2 is 1.24 bits per heavy atom. The fourth-order valence-corrected chi connectivity index (χ4v) is 5.97. The van der Waals surface area contributed by atoms with Gasteiger partial charge in [0, 0.05) is 5.41 Å². The third kappa shape index (κ3) is 1.54. The summed E-state index contributed by atoms with van der Waals surface area (Å²) in [5, 5.41) is 0. The zero-order valence-electron chi connectivity index (χ0n) is 14.9. The molecule has 3 aliphatic rings. The summed E-state index contributed by atoms with van der Waals surface area (Å²) in [7, 11) is 0. The molecule has 25 heavy (non-hydrogen) atoms. The first-order valence-electron chi connectivity index (χ1n) is 9.55. The molecule has 0 unspecified atom stereocenters. The van der Waals surface area contributed by atoms with Gasteiger partial charge in [-0.1, -0.05) is 59.7 Å². The molecule has 0 aromatic heterocycles. The van der Waals surface area contributed by atoms with Gasteiger partial charge in [-0.2, -0.15) is 0 Å². The summed E-state index contributed by atoms with van der Waals surface area (Å²) in [5.41, 5.74) is 15.5. The van der Waals surface area contributed by atoms with Gasteiger partial charge in [-0.25, -0.2) is 0 Å². The molecular formula is C25H22. The van der Waals surface area contributed by atoms with Gasteiger partial charge in [-0.3, -0.25) is 0 Å². The lowest BCUT2D eigenvalue weighted by Gasteiger charge is -2.29. The van der Waals surface area contributed by atoms with Gasteiger partial charge in [0.05, 0.1) is 0 Å². The zero-order chi connectivity index (χ0) is 16.8. The quantitative estimate of drug-likeness (QED) is 0.501. The number of aryl methyl sites for hydroxylation is 5. The van der Waals surface area contributed by atoms with E-state index in [1.165, 1.54) is 36.8 Å². The summed E-state index contributed by atoms with van der Waals surface area (Å²) in [6.45, 7) is 4.55. The maximum absolute atomic E-state index is 2.49. The zero-order valence-corrected chi connectivity index (χ0v) is 14.9. The predicted octanol–water partition coefficient (Wildman–Crippen LogP) is 5.66. The molecule has 6 rings (SSSR count). The van der Waals surface area contributed by atoms with Crippen molar-refractivity contribution in [3.63, 3.8) is 0 Å². The molecule has 1 spiro atoms. The van der Waals surface area contributed by atoms with Crippen molar-refractivity contribution in [2.75, 3.05) is 0 Å². The molecule has 0 saturated heterocycles. The monoisotopic (exact) mass is 322 g/mol. The lowest BCUT2D eigenvalue weighted by atomic mass is 9.73. The van der Waals surface area contributed by atoms with Crippen molar-refractivity contribution in [3.05, 3.63) is 93.0 Å². The molecule has 0 heterocycles. The largest absolute Gasteiger partial charge is 0.0620 e. The van der Waals surface area contributed by atoms with Gasteiger partial charge >= 0.3 is 0 Å². The number of rotatable bonds is 0. The van der Waals surface area contributed by atoms with Crippen molar-refractivity contribution in [1.82, 2.24) is 0 Å². The molecule has 3 aliphatic carbocycles. The third-order valence-corrected chi connectivity index (χ3v) is 6.81. The van der Waals surface area contributed by atoms with Crippen LogP contribution in [-0.4, -0.2) is 0 Å². The van der Waals surface area contributed by atoms with E-state index in [0.717, 1.165) is 0 Å². The van der Waals surface area contributed by atoms with Gasteiger partial charge in [-0.05, 0) is 84.0 Å². The van der Waals surface area contributed by atoms with Crippen LogP contribution < -0.4 is 0 Å². The van der Waals surface area contributed by atoms with Crippen LogP contribution >= 0.6 is 0 Å². The maximum Gasteiger partial charge on any atom is 0.0469 e. The summed E-state index contributed by atoms with van der Waals surface area (Å²) < 4.78 is 0. The molecule has 0 amide bonds. The van der Waals surface area contributed by atoms with Gasteiger partial charge in [0.15, 0.2) is 0 Å². The van der Waals surface area contributed by atoms with E-state index in [1.54, 1.807) is 44.5 Å². The van der Waals surface area contributed by atoms with E-state index in [4.69, 9.17) is 0 Å². The Hall–Kier alpha value is -2.34. The van der Waals surface area contributed by atoms with Crippen LogP contribution in [0.15, 0.2) is 48.5 Å². The minimum Gasteiger partial charge on any atom is -0.0620 e. The van der Waals surface area contributed by atoms with Crippen LogP contribution in [0.1, 0.15) is 50.9 Å². The van der Waals surface area contributed by atoms with Crippen LogP contribution in [0.3, 0.4) is 0 Å². The molecule has 3 aromatic carbocycles. The normalized spacial score (nSPS) is 17.7. The summed E-state index contributed by atoms with van der Waals surface area (Å²) >= 11 is 0. The summed E-state index contributed by atoms with van der Waals surface area (Å²) in [6, 6.07) is 19.0. The smallest absolute Gasteiger partial charge is 0.0469 e. The number of hydrogen-bond acceptors (Lipinski definition) is 0. The standard InChI is InChI=1S/C25H22/c1-15-11-18-7-8-19-12-16(2)14-22-24(19)23(18)21(13-15)25(22)10-9-17-5-3-4-6-20(17)25/h3-6,11-14H,7-10H2,1-2H3. The Morgan fingerprint density at radius 1 is 0.640 bits per heavy atom. The van der Waals surface area contributed by atoms with E-state index < -0.39 is 0 Å². The number of benzene rings is 3. The van der Waals surface area contributed by atoms with Gasteiger partial charge in [-0.15, -0.1) is 0 Å². The van der Waals surface area contributed by atoms with Crippen molar-refractivity contribution in [2.24, 2.45) is 0 Å². The SMILES string of the molecule is Cc1cc2c3c(c1)C1(CCc4ccccc41)c1cc(C)cc(c1-3)CC2. The van der Waals surface area contributed by atoms with E-state index in [0.29, 0.717) is 0 Å². The Bertz CT molecular complexity index is 1010. The average Bonchev–Trinajstić information content (AvgIpc) is 3.12. The van der Waals surface area contributed by atoms with Gasteiger partial charge in [0.1, 0.15) is 0 Å². The molecule has 0 saturated carbocycles. The highest BCUT2D eigenvalue weighted by molar-refractivity contribution is 5.90. The molecule has 0 N–H and O–H groups in total. The topological polar surface area (TPSA) is 0 Å². The van der Waals surface area contributed by atoms with Crippen molar-refractivity contribution >= 4 is 0 Å². The van der Waals surface area contributed by atoms with E-state index in [2.05, 4.69) is 62.4 Å². The molecule has 0 fully saturated rings. The minimum atomic E-state index is 0.0904. The van der Waals surface area contributed by atoms with E-state index in [1.807, 2.05) is 0 Å². The van der Waals surface area contributed by atoms with Crippen molar-refractivity contribution in [3.8, 4) is 11.1 Å². The van der Waals surface area contributed by atoms with E-state index >= 15 is 0 Å². The molecule has 3 aromatic rings. The second kappa shape index (κ2) is 4.43. The molecule has 0 heteroatoms. The van der Waals surface area contributed by atoms with Crippen LogP contribution in [0.25, 0.3) is 11.1 Å². The van der Waals surface area contributed by atoms with Crippen LogP contribution in [-0.2, 0) is 24.7 Å². The minimum absolute atomic E-state index is 0.0904. The van der Waals surface area contributed by atoms with Gasteiger partial charge in [0.25, 0.3) is 0 Å². The average molecular weight is 322 g/mol. The highest BCUT2D eigenvalue weighted by Crippen LogP contribution is 2.61. The fourth-order valence-electron chi connectivity index (χ4n) is 5.97. The second-order valence-corrected chi connectivity index (χ2v) is 8.26. The Kier molecular flexibility index (Phi) is 2.46. The first-order chi connectivity index (χ1) is 12.2. The third-order valence-electron chi connectivity index (χ3n) is 6.81. The highest BCUT2D eigenvalue weighted by Gasteiger charge is 2.50. The maximum atomic E-state index is 2.49. The van der Waals surface area contributed by atoms with Crippen LogP contribution in [0.5, 0.6) is 0 Å². The van der Waals surface area contributed by atoms with E-state index in [-0.39, 0.29) is 5.41 Å². The molecule has 0 bridgehead atoms. The number of hydrogen-bond donors (Lipinski definition) is 0. The van der Waals surface area contributed by atoms with Gasteiger partial charge < -0.3 is 0 Å². The highest BCUT2D eigenvalue weighted by atomic mass is 14.5. The van der Waals surface area contributed by atoms with Crippen molar-refractivity contribution in [2.45, 2.75) is 44.9 Å². The Balaban J connectivity index is 1.83. The van der Waals surface area contributed by atoms with E-state index in [9.17, 15) is 0 Å². The van der Waals surface area contributed by atoms with Crippen molar-refractivity contribution in [1.29, 1.82) is 0 Å². The molecule has 0 radical (unpaired) electrons. The molecular weight excluding hydrogens is 300 g/mol. The fraction of sp³-hybridized carbons (Fsp3) is 0.280. The lowest BCUT2D eigenvalue weighted by molar-refractivity contribution is 0.625. The summed E-state index contributed by atoms with van der Waals surface area (Å²) in [6.07, 6.45) is 4.80. The second-order valence-electron chi connectivity index (χ2n) is 8.26. The molecule has 122 valence electrons. The summed E-state index contributed by atoms with van der Waals surface area (Å²) in [4.78, 5) is 0. The van der Waals surface area contributed by atoms with Gasteiger partial charge in [0.2, 0.25) is 0 Å². The van der Waals surface area contributed by atoms with Crippen molar-refractivity contribution < 1.29 is 0 Å². The Morgan fingerprint density at radius 3 is 1.88 bits per heavy atom. The first kappa shape index (κ1) is 13.9. The first-order valence-corrected chi connectivity index (χ1v) is 9.55. The van der Waals surface area contributed by atoms with Crippen LogP contribution in [0.2, 0.25) is 0 Å². The number of fused-ring (bicyclic) bond motifs is 4. The lowest BCUT2D eigenvalue weighted by Crippen LogP contribution is -2.23. The molecule has 0 atom stereocenters. The predicted molar refractivity (Wildman–Crippen MR) is 103 cm³/mol. The summed E-state index contributed by atoms with van der Waals surface area (Å²) in [5.74, 6) is 0.